The van der Waals surface area contributed by atoms with Crippen LogP contribution in [0.1, 0.15) is 17.5 Å². The van der Waals surface area contributed by atoms with Gasteiger partial charge in [-0.1, -0.05) is 0 Å². The van der Waals surface area contributed by atoms with Crippen LogP contribution in [0, 0.1) is 24.2 Å². The third-order valence-corrected chi connectivity index (χ3v) is 3.20. The molecule has 0 aliphatic carbocycles. The van der Waals surface area contributed by atoms with Crippen LogP contribution in [0.4, 0.5) is 5.69 Å². The monoisotopic (exact) mass is 230 g/mol. The molecule has 0 spiro atoms. The number of anilines is 1. The first kappa shape index (κ1) is 11.5. The lowest BCUT2D eigenvalue weighted by Gasteiger charge is -2.20. The molecule has 0 saturated carbocycles. The molecule has 1 unspecified atom stereocenters. The summed E-state index contributed by atoms with van der Waals surface area (Å²) in [6, 6.07) is 7.61. The Bertz CT molecular complexity index is 491. The number of rotatable bonds is 2. The van der Waals surface area contributed by atoms with Gasteiger partial charge in [-0.15, -0.1) is 0 Å². The quantitative estimate of drug-likeness (QED) is 0.841. The van der Waals surface area contributed by atoms with Gasteiger partial charge >= 0.3 is 5.97 Å². The minimum Gasteiger partial charge on any atom is -0.481 e. The Labute approximate surface area is 100 Å². The van der Waals surface area contributed by atoms with Gasteiger partial charge in [0.2, 0.25) is 0 Å². The first-order chi connectivity index (χ1) is 8.11. The van der Waals surface area contributed by atoms with Gasteiger partial charge in [0.15, 0.2) is 0 Å². The van der Waals surface area contributed by atoms with E-state index in [4.69, 9.17) is 10.4 Å². The molecule has 0 amide bonds. The van der Waals surface area contributed by atoms with Crippen LogP contribution in [0.25, 0.3) is 0 Å². The van der Waals surface area contributed by atoms with Crippen molar-refractivity contribution in [3.63, 3.8) is 0 Å². The molecule has 17 heavy (non-hydrogen) atoms. The van der Waals surface area contributed by atoms with Crippen LogP contribution in [0.5, 0.6) is 0 Å². The van der Waals surface area contributed by atoms with Gasteiger partial charge in [0.1, 0.15) is 0 Å². The Morgan fingerprint density at radius 3 is 2.88 bits per heavy atom. The Morgan fingerprint density at radius 1 is 1.59 bits per heavy atom. The Morgan fingerprint density at radius 2 is 2.35 bits per heavy atom. The van der Waals surface area contributed by atoms with E-state index in [0.29, 0.717) is 18.5 Å². The fourth-order valence-corrected chi connectivity index (χ4v) is 2.26. The van der Waals surface area contributed by atoms with Crippen LogP contribution in [-0.4, -0.2) is 24.2 Å². The molecule has 2 rings (SSSR count). The van der Waals surface area contributed by atoms with Crippen molar-refractivity contribution < 1.29 is 9.90 Å². The molecule has 1 N–H and O–H groups in total. The van der Waals surface area contributed by atoms with E-state index in [1.807, 2.05) is 19.1 Å². The molecule has 88 valence electrons. The van der Waals surface area contributed by atoms with Gasteiger partial charge in [-0.05, 0) is 37.1 Å². The summed E-state index contributed by atoms with van der Waals surface area (Å²) in [6.07, 6.45) is 0.689. The Hall–Kier alpha value is -2.02. The number of hydrogen-bond acceptors (Lipinski definition) is 3. The fourth-order valence-electron chi connectivity index (χ4n) is 2.26. The van der Waals surface area contributed by atoms with E-state index in [1.54, 1.807) is 6.07 Å². The molecule has 1 aliphatic heterocycles. The number of nitrogens with zero attached hydrogens (tertiary/aromatic N) is 2. The van der Waals surface area contributed by atoms with Gasteiger partial charge in [-0.25, -0.2) is 0 Å². The maximum Gasteiger partial charge on any atom is 0.308 e. The summed E-state index contributed by atoms with van der Waals surface area (Å²) >= 11 is 0. The van der Waals surface area contributed by atoms with E-state index in [2.05, 4.69) is 11.0 Å². The summed E-state index contributed by atoms with van der Waals surface area (Å²) in [5.41, 5.74) is 2.70. The lowest BCUT2D eigenvalue weighted by molar-refractivity contribution is -0.140. The van der Waals surface area contributed by atoms with Gasteiger partial charge in [0.05, 0.1) is 17.6 Å². The van der Waals surface area contributed by atoms with Crippen molar-refractivity contribution in [2.45, 2.75) is 13.3 Å². The number of carboxylic acid groups (broad SMARTS) is 1. The molecule has 0 bridgehead atoms. The maximum absolute atomic E-state index is 10.9. The van der Waals surface area contributed by atoms with Crippen LogP contribution in [0.2, 0.25) is 0 Å². The number of aryl methyl sites for hydroxylation is 1. The van der Waals surface area contributed by atoms with Crippen molar-refractivity contribution in [3.8, 4) is 6.07 Å². The molecule has 1 aliphatic rings. The van der Waals surface area contributed by atoms with E-state index >= 15 is 0 Å². The summed E-state index contributed by atoms with van der Waals surface area (Å²) in [6.45, 7) is 3.27. The summed E-state index contributed by atoms with van der Waals surface area (Å²) < 4.78 is 0. The molecule has 0 aromatic heterocycles. The van der Waals surface area contributed by atoms with Gasteiger partial charge < -0.3 is 10.0 Å². The minimum atomic E-state index is -0.723. The molecule has 4 nitrogen and oxygen atoms in total. The highest BCUT2D eigenvalue weighted by Crippen LogP contribution is 2.27. The molecule has 1 aromatic carbocycles. The molecule has 0 radical (unpaired) electrons. The highest BCUT2D eigenvalue weighted by atomic mass is 16.4. The van der Waals surface area contributed by atoms with Gasteiger partial charge in [-0.2, -0.15) is 5.26 Å². The normalized spacial score (nSPS) is 19.1. The van der Waals surface area contributed by atoms with Crippen molar-refractivity contribution in [2.24, 2.45) is 5.92 Å². The molecule has 1 atom stereocenters. The third-order valence-electron chi connectivity index (χ3n) is 3.20. The lowest BCUT2D eigenvalue weighted by atomic mass is 10.1. The lowest BCUT2D eigenvalue weighted by Crippen LogP contribution is -2.23. The van der Waals surface area contributed by atoms with E-state index in [1.165, 1.54) is 0 Å². The van der Waals surface area contributed by atoms with E-state index in [0.717, 1.165) is 17.8 Å². The number of hydrogen-bond donors (Lipinski definition) is 1. The van der Waals surface area contributed by atoms with Crippen LogP contribution in [0.15, 0.2) is 18.2 Å². The molecular weight excluding hydrogens is 216 g/mol. The van der Waals surface area contributed by atoms with Crippen molar-refractivity contribution in [1.82, 2.24) is 0 Å². The van der Waals surface area contributed by atoms with Crippen molar-refractivity contribution in [1.29, 1.82) is 5.26 Å². The van der Waals surface area contributed by atoms with Crippen LogP contribution < -0.4 is 4.90 Å². The van der Waals surface area contributed by atoms with Crippen molar-refractivity contribution in [3.05, 3.63) is 29.3 Å². The molecule has 1 aromatic rings. The zero-order chi connectivity index (χ0) is 12.4. The Kier molecular flexibility index (Phi) is 3.01. The fraction of sp³-hybridized carbons (Fsp3) is 0.385. The average molecular weight is 230 g/mol. The summed E-state index contributed by atoms with van der Waals surface area (Å²) in [7, 11) is 0. The number of aliphatic carboxylic acids is 1. The maximum atomic E-state index is 10.9. The first-order valence-corrected chi connectivity index (χ1v) is 5.60. The predicted molar refractivity (Wildman–Crippen MR) is 63.8 cm³/mol. The molecule has 1 heterocycles. The molecular formula is C13H14N2O2. The summed E-state index contributed by atoms with van der Waals surface area (Å²) in [5.74, 6) is -0.996. The van der Waals surface area contributed by atoms with Crippen molar-refractivity contribution in [2.75, 3.05) is 18.0 Å². The van der Waals surface area contributed by atoms with Gasteiger partial charge in [0, 0.05) is 18.8 Å². The zero-order valence-electron chi connectivity index (χ0n) is 9.68. The zero-order valence-corrected chi connectivity index (χ0v) is 9.68. The first-order valence-electron chi connectivity index (χ1n) is 5.60. The van der Waals surface area contributed by atoms with Crippen molar-refractivity contribution >= 4 is 11.7 Å². The highest BCUT2D eigenvalue weighted by Gasteiger charge is 2.28. The highest BCUT2D eigenvalue weighted by molar-refractivity contribution is 5.72. The number of benzene rings is 1. The van der Waals surface area contributed by atoms with Crippen LogP contribution >= 0.6 is 0 Å². The van der Waals surface area contributed by atoms with E-state index in [9.17, 15) is 4.79 Å². The van der Waals surface area contributed by atoms with Gasteiger partial charge in [0.25, 0.3) is 0 Å². The smallest absolute Gasteiger partial charge is 0.308 e. The topological polar surface area (TPSA) is 64.3 Å². The third kappa shape index (κ3) is 2.23. The second-order valence-corrected chi connectivity index (χ2v) is 4.38. The van der Waals surface area contributed by atoms with Crippen LogP contribution in [-0.2, 0) is 4.79 Å². The largest absolute Gasteiger partial charge is 0.481 e. The summed E-state index contributed by atoms with van der Waals surface area (Å²) in [4.78, 5) is 13.0. The molecule has 4 heteroatoms. The number of carboxylic acids is 1. The van der Waals surface area contributed by atoms with Gasteiger partial charge in [-0.3, -0.25) is 4.79 Å². The molecule has 1 fully saturated rings. The molecule has 1 saturated heterocycles. The second kappa shape index (κ2) is 4.46. The predicted octanol–water partition coefficient (Wildman–Crippen LogP) is 1.78. The average Bonchev–Trinajstić information content (AvgIpc) is 2.78. The van der Waals surface area contributed by atoms with E-state index < -0.39 is 5.97 Å². The Balaban J connectivity index is 2.20. The number of carbonyl (C=O) groups is 1. The second-order valence-electron chi connectivity index (χ2n) is 4.38. The van der Waals surface area contributed by atoms with E-state index in [-0.39, 0.29) is 5.92 Å². The summed E-state index contributed by atoms with van der Waals surface area (Å²) in [5, 5.41) is 17.8. The SMILES string of the molecule is Cc1cc(C#N)ccc1N1CCC(C(=O)O)C1. The number of nitriles is 1. The van der Waals surface area contributed by atoms with Crippen LogP contribution in [0.3, 0.4) is 0 Å². The minimum absolute atomic E-state index is 0.273. The standard InChI is InChI=1S/C13H14N2O2/c1-9-6-10(7-14)2-3-12(9)15-5-4-11(8-15)13(16)17/h2-3,6,11H,4-5,8H2,1H3,(H,16,17).